The van der Waals surface area contributed by atoms with Crippen molar-refractivity contribution < 1.29 is 0 Å². The molecule has 0 amide bonds. The number of thiophene rings is 1. The maximum absolute atomic E-state index is 5.71. The lowest BCUT2D eigenvalue weighted by molar-refractivity contribution is 0.887. The van der Waals surface area contributed by atoms with Crippen LogP contribution in [0.5, 0.6) is 0 Å². The Labute approximate surface area is 113 Å². The third kappa shape index (κ3) is 3.06. The predicted octanol–water partition coefficient (Wildman–Crippen LogP) is 3.00. The van der Waals surface area contributed by atoms with Crippen molar-refractivity contribution in [2.45, 2.75) is 13.1 Å². The van der Waals surface area contributed by atoms with Gasteiger partial charge in [0.1, 0.15) is 5.82 Å². The van der Waals surface area contributed by atoms with Gasteiger partial charge in [-0.25, -0.2) is 4.98 Å². The van der Waals surface area contributed by atoms with E-state index in [1.807, 2.05) is 19.2 Å². The fraction of sp³-hybridized carbons (Fsp3) is 0.250. The first-order valence-corrected chi connectivity index (χ1v) is 6.96. The highest BCUT2D eigenvalue weighted by Crippen LogP contribution is 2.23. The molecule has 90 valence electrons. The summed E-state index contributed by atoms with van der Waals surface area (Å²) in [5.41, 5.74) is 6.79. The molecule has 0 aliphatic carbocycles. The predicted molar refractivity (Wildman–Crippen MR) is 76.3 cm³/mol. The van der Waals surface area contributed by atoms with E-state index in [4.69, 9.17) is 5.73 Å². The lowest BCUT2D eigenvalue weighted by Crippen LogP contribution is -2.19. The summed E-state index contributed by atoms with van der Waals surface area (Å²) in [6, 6.07) is 6.07. The van der Waals surface area contributed by atoms with Crippen molar-refractivity contribution in [2.24, 2.45) is 5.73 Å². The Morgan fingerprint density at radius 1 is 1.53 bits per heavy atom. The van der Waals surface area contributed by atoms with Crippen molar-refractivity contribution >= 4 is 33.1 Å². The van der Waals surface area contributed by atoms with E-state index in [9.17, 15) is 0 Å². The average molecular weight is 312 g/mol. The number of nitrogens with zero attached hydrogens (tertiary/aromatic N) is 2. The van der Waals surface area contributed by atoms with Crippen LogP contribution in [0.3, 0.4) is 0 Å². The van der Waals surface area contributed by atoms with Crippen molar-refractivity contribution in [2.75, 3.05) is 11.9 Å². The number of pyridine rings is 1. The molecule has 5 heteroatoms. The van der Waals surface area contributed by atoms with Crippen molar-refractivity contribution in [3.8, 4) is 0 Å². The van der Waals surface area contributed by atoms with E-state index < -0.39 is 0 Å². The Balaban J connectivity index is 2.16. The Hall–Kier alpha value is -0.910. The molecule has 0 saturated heterocycles. The second-order valence-corrected chi connectivity index (χ2v) is 5.69. The summed E-state index contributed by atoms with van der Waals surface area (Å²) >= 11 is 5.20. The van der Waals surface area contributed by atoms with Crippen LogP contribution in [0.1, 0.15) is 10.4 Å². The standard InChI is InChI=1S/C12H14BrN3S/c1-16(7-11-5-10(13)8-17-11)12-9(6-14)3-2-4-15-12/h2-5,8H,6-7,14H2,1H3. The molecular formula is C12H14BrN3S. The first-order valence-electron chi connectivity index (χ1n) is 5.28. The van der Waals surface area contributed by atoms with Crippen LogP contribution in [0.15, 0.2) is 34.2 Å². The third-order valence-electron chi connectivity index (χ3n) is 2.46. The largest absolute Gasteiger partial charge is 0.354 e. The summed E-state index contributed by atoms with van der Waals surface area (Å²) in [6.07, 6.45) is 1.80. The Morgan fingerprint density at radius 3 is 3.00 bits per heavy atom. The molecule has 2 N–H and O–H groups in total. The van der Waals surface area contributed by atoms with Gasteiger partial charge in [0.2, 0.25) is 0 Å². The van der Waals surface area contributed by atoms with Gasteiger partial charge in [-0.3, -0.25) is 0 Å². The number of rotatable bonds is 4. The minimum atomic E-state index is 0.516. The molecule has 2 rings (SSSR count). The van der Waals surface area contributed by atoms with Crippen molar-refractivity contribution in [1.29, 1.82) is 0 Å². The van der Waals surface area contributed by atoms with Gasteiger partial charge in [-0.15, -0.1) is 11.3 Å². The van der Waals surface area contributed by atoms with Crippen molar-refractivity contribution in [3.63, 3.8) is 0 Å². The lowest BCUT2D eigenvalue weighted by Gasteiger charge is -2.19. The average Bonchev–Trinajstić information content (AvgIpc) is 2.74. The van der Waals surface area contributed by atoms with Crippen molar-refractivity contribution in [3.05, 3.63) is 44.7 Å². The number of hydrogen-bond acceptors (Lipinski definition) is 4. The minimum Gasteiger partial charge on any atom is -0.354 e. The van der Waals surface area contributed by atoms with Crippen LogP contribution in [0.25, 0.3) is 0 Å². The molecule has 0 aliphatic rings. The molecule has 0 unspecified atom stereocenters. The monoisotopic (exact) mass is 311 g/mol. The maximum atomic E-state index is 5.71. The molecule has 0 atom stereocenters. The molecule has 17 heavy (non-hydrogen) atoms. The molecule has 0 aliphatic heterocycles. The van der Waals surface area contributed by atoms with E-state index in [0.29, 0.717) is 6.54 Å². The maximum Gasteiger partial charge on any atom is 0.133 e. The van der Waals surface area contributed by atoms with Gasteiger partial charge < -0.3 is 10.6 Å². The molecule has 0 fully saturated rings. The van der Waals surface area contributed by atoms with Crippen LogP contribution in [-0.4, -0.2) is 12.0 Å². The quantitative estimate of drug-likeness (QED) is 0.944. The zero-order valence-electron chi connectivity index (χ0n) is 9.56. The van der Waals surface area contributed by atoms with E-state index in [1.165, 1.54) is 4.88 Å². The SMILES string of the molecule is CN(Cc1cc(Br)cs1)c1ncccc1CN. The van der Waals surface area contributed by atoms with Gasteiger partial charge in [-0.1, -0.05) is 6.07 Å². The normalized spacial score (nSPS) is 10.5. The topological polar surface area (TPSA) is 42.2 Å². The van der Waals surface area contributed by atoms with Gasteiger partial charge in [-0.2, -0.15) is 0 Å². The summed E-state index contributed by atoms with van der Waals surface area (Å²) in [4.78, 5) is 7.82. The minimum absolute atomic E-state index is 0.516. The molecule has 0 saturated carbocycles. The summed E-state index contributed by atoms with van der Waals surface area (Å²) in [5.74, 6) is 0.958. The third-order valence-corrected chi connectivity index (χ3v) is 4.15. The highest BCUT2D eigenvalue weighted by Gasteiger charge is 2.09. The first kappa shape index (κ1) is 12.5. The molecule has 2 aromatic heterocycles. The van der Waals surface area contributed by atoms with E-state index in [0.717, 1.165) is 22.4 Å². The lowest BCUT2D eigenvalue weighted by atomic mass is 10.2. The fourth-order valence-electron chi connectivity index (χ4n) is 1.68. The Kier molecular flexibility index (Phi) is 4.15. The van der Waals surface area contributed by atoms with Crippen molar-refractivity contribution in [1.82, 2.24) is 4.98 Å². The van der Waals surface area contributed by atoms with Crippen LogP contribution < -0.4 is 10.6 Å². The number of anilines is 1. The van der Waals surface area contributed by atoms with Gasteiger partial charge in [0.15, 0.2) is 0 Å². The van der Waals surface area contributed by atoms with Crippen LogP contribution in [0.4, 0.5) is 5.82 Å². The molecule has 2 aromatic rings. The van der Waals surface area contributed by atoms with Crippen LogP contribution in [-0.2, 0) is 13.1 Å². The Bertz CT molecular complexity index is 498. The van der Waals surface area contributed by atoms with E-state index >= 15 is 0 Å². The number of aromatic nitrogens is 1. The van der Waals surface area contributed by atoms with Gasteiger partial charge in [0.25, 0.3) is 0 Å². The Morgan fingerprint density at radius 2 is 2.35 bits per heavy atom. The first-order chi connectivity index (χ1) is 8.20. The second kappa shape index (κ2) is 5.62. The zero-order valence-corrected chi connectivity index (χ0v) is 12.0. The highest BCUT2D eigenvalue weighted by atomic mass is 79.9. The van der Waals surface area contributed by atoms with Crippen LogP contribution >= 0.6 is 27.3 Å². The number of nitrogens with two attached hydrogens (primary N) is 1. The highest BCUT2D eigenvalue weighted by molar-refractivity contribution is 9.10. The zero-order chi connectivity index (χ0) is 12.3. The molecule has 0 radical (unpaired) electrons. The van der Waals surface area contributed by atoms with Gasteiger partial charge in [0.05, 0.1) is 6.54 Å². The summed E-state index contributed by atoms with van der Waals surface area (Å²) in [6.45, 7) is 1.36. The molecule has 0 aromatic carbocycles. The van der Waals surface area contributed by atoms with E-state index in [1.54, 1.807) is 17.5 Å². The molecular weight excluding hydrogens is 298 g/mol. The summed E-state index contributed by atoms with van der Waals surface area (Å²) < 4.78 is 1.13. The molecule has 2 heterocycles. The smallest absolute Gasteiger partial charge is 0.133 e. The molecule has 3 nitrogen and oxygen atoms in total. The van der Waals surface area contributed by atoms with Crippen LogP contribution in [0, 0.1) is 0 Å². The fourth-order valence-corrected chi connectivity index (χ4v) is 3.18. The van der Waals surface area contributed by atoms with E-state index in [-0.39, 0.29) is 0 Å². The molecule has 0 bridgehead atoms. The van der Waals surface area contributed by atoms with Gasteiger partial charge >= 0.3 is 0 Å². The summed E-state index contributed by atoms with van der Waals surface area (Å²) in [7, 11) is 2.04. The van der Waals surface area contributed by atoms with E-state index in [2.05, 4.69) is 37.3 Å². The number of hydrogen-bond donors (Lipinski definition) is 1. The second-order valence-electron chi connectivity index (χ2n) is 3.78. The summed E-state index contributed by atoms with van der Waals surface area (Å²) in [5, 5.41) is 2.09. The number of halogens is 1. The van der Waals surface area contributed by atoms with Gasteiger partial charge in [-0.05, 0) is 28.1 Å². The molecule has 0 spiro atoms. The van der Waals surface area contributed by atoms with Gasteiger partial charge in [0, 0.05) is 40.1 Å². The van der Waals surface area contributed by atoms with Crippen LogP contribution in [0.2, 0.25) is 0 Å².